The molecule has 6 heterocycles. The van der Waals surface area contributed by atoms with Crippen LogP contribution in [-0.2, 0) is 28.4 Å². The van der Waals surface area contributed by atoms with Crippen LogP contribution >= 0.6 is 24.0 Å². The van der Waals surface area contributed by atoms with Gasteiger partial charge in [0, 0.05) is 71.3 Å². The van der Waals surface area contributed by atoms with E-state index in [0.717, 1.165) is 77.6 Å². The van der Waals surface area contributed by atoms with Gasteiger partial charge < -0.3 is 43.0 Å². The molecule has 0 radical (unpaired) electrons. The third kappa shape index (κ3) is 15.2. The fourth-order valence-electron chi connectivity index (χ4n) is 22.3. The number of rotatable bonds is 13. The van der Waals surface area contributed by atoms with Gasteiger partial charge in [-0.15, -0.1) is 12.4 Å². The molecule has 15 rings (SSSR count). The van der Waals surface area contributed by atoms with Crippen LogP contribution in [-0.4, -0.2) is 112 Å². The van der Waals surface area contributed by atoms with Gasteiger partial charge in [0.1, 0.15) is 24.1 Å². The van der Waals surface area contributed by atoms with Crippen molar-refractivity contribution in [2.75, 3.05) is 39.6 Å². The van der Waals surface area contributed by atoms with E-state index in [1.165, 1.54) is 151 Å². The molecule has 95 heavy (non-hydrogen) atoms. The van der Waals surface area contributed by atoms with Crippen molar-refractivity contribution in [1.29, 1.82) is 0 Å². The van der Waals surface area contributed by atoms with Crippen LogP contribution in [0.2, 0.25) is 5.15 Å². The predicted molar refractivity (Wildman–Crippen MR) is 372 cm³/mol. The highest BCUT2D eigenvalue weighted by molar-refractivity contribution is 6.29. The average molecular weight is 1350 g/mol. The number of aliphatic hydroxyl groups excluding tert-OH is 1. The molecule has 9 aliphatic carbocycles. The second-order valence-corrected chi connectivity index (χ2v) is 32.9. The zero-order valence-corrected chi connectivity index (χ0v) is 60.1. The Balaban J connectivity index is 0.000000138. The van der Waals surface area contributed by atoms with Gasteiger partial charge >= 0.3 is 0 Å². The summed E-state index contributed by atoms with van der Waals surface area (Å²) in [6.07, 6.45) is 43.0. The van der Waals surface area contributed by atoms with Gasteiger partial charge in [0.05, 0.1) is 51.3 Å². The molecule has 12 fully saturated rings. The Morgan fingerprint density at radius 3 is 1.06 bits per heavy atom. The third-order valence-electron chi connectivity index (χ3n) is 27.3. The number of allylic oxidation sites excluding steroid dienone is 3. The number of aromatic nitrogens is 6. The summed E-state index contributed by atoms with van der Waals surface area (Å²) in [5.41, 5.74) is 5.12. The number of halogens is 2. The zero-order chi connectivity index (χ0) is 65.7. The Labute approximate surface area is 580 Å². The van der Waals surface area contributed by atoms with Crippen LogP contribution in [0.4, 0.5) is 0 Å². The number of aliphatic hydroxyl groups is 1. The van der Waals surface area contributed by atoms with Gasteiger partial charge in [0.25, 0.3) is 0 Å². The highest BCUT2D eigenvalue weighted by atomic mass is 35.5. The number of hydrogen-bond donors (Lipinski definition) is 1. The molecule has 3 aromatic rings. The summed E-state index contributed by atoms with van der Waals surface area (Å²) in [5, 5.41) is 10.1. The van der Waals surface area contributed by atoms with E-state index in [0.29, 0.717) is 102 Å². The molecule has 18 atom stereocenters. The molecule has 17 heteroatoms. The first-order valence-corrected chi connectivity index (χ1v) is 37.4. The largest absolute Gasteiger partial charge is 0.478 e. The summed E-state index contributed by atoms with van der Waals surface area (Å²) in [7, 11) is 0. The van der Waals surface area contributed by atoms with Crippen LogP contribution in [0.5, 0.6) is 11.8 Å². The Morgan fingerprint density at radius 2 is 0.779 bits per heavy atom. The molecule has 0 bridgehead atoms. The maximum absolute atomic E-state index is 9.60. The van der Waals surface area contributed by atoms with E-state index in [9.17, 15) is 5.11 Å². The summed E-state index contributed by atoms with van der Waals surface area (Å²) in [6, 6.07) is 5.27. The molecule has 12 aliphatic rings. The Morgan fingerprint density at radius 1 is 0.453 bits per heavy atom. The van der Waals surface area contributed by atoms with Gasteiger partial charge in [-0.3, -0.25) is 0 Å². The van der Waals surface area contributed by atoms with Crippen molar-refractivity contribution < 1.29 is 43.0 Å². The van der Waals surface area contributed by atoms with Gasteiger partial charge in [-0.1, -0.05) is 128 Å². The highest BCUT2D eigenvalue weighted by Gasteiger charge is 2.64. The van der Waals surface area contributed by atoms with Gasteiger partial charge in [-0.05, 0) is 193 Å². The van der Waals surface area contributed by atoms with E-state index in [-0.39, 0.29) is 70.4 Å². The maximum Gasteiger partial charge on any atom is 0.216 e. The molecule has 0 amide bonds. The molecule has 0 aromatic carbocycles. The third-order valence-corrected chi connectivity index (χ3v) is 27.5. The number of hydrogen-bond acceptors (Lipinski definition) is 15. The molecule has 1 N–H and O–H groups in total. The summed E-state index contributed by atoms with van der Waals surface area (Å²) in [4.78, 5) is 23.6. The lowest BCUT2D eigenvalue weighted by molar-refractivity contribution is -0.316. The van der Waals surface area contributed by atoms with Gasteiger partial charge in [0.15, 0.2) is 18.9 Å². The second kappa shape index (κ2) is 31.5. The first-order chi connectivity index (χ1) is 45.4. The minimum absolute atomic E-state index is 0. The van der Waals surface area contributed by atoms with E-state index < -0.39 is 0 Å². The number of ether oxygens (including phenoxy) is 8. The molecular formula is C78H116Cl2N6O9. The molecule has 3 unspecified atom stereocenters. The van der Waals surface area contributed by atoms with E-state index >= 15 is 0 Å². The first-order valence-electron chi connectivity index (χ1n) is 37.0. The van der Waals surface area contributed by atoms with Crippen molar-refractivity contribution in [2.24, 2.45) is 85.8 Å². The lowest BCUT2D eigenvalue weighted by atomic mass is 9.46. The Kier molecular flexibility index (Phi) is 24.1. The highest BCUT2D eigenvalue weighted by Crippen LogP contribution is 2.67. The van der Waals surface area contributed by atoms with Crippen LogP contribution < -0.4 is 9.47 Å². The lowest BCUT2D eigenvalue weighted by Gasteiger charge is -2.63. The van der Waals surface area contributed by atoms with Crippen LogP contribution in [0.25, 0.3) is 0 Å². The number of nitrogens with zero attached hydrogens (tertiary/aromatic N) is 6. The lowest BCUT2D eigenvalue weighted by Crippen LogP contribution is -2.62. The fraction of sp³-hybridized carbons (Fsp3) is 0.769. The summed E-state index contributed by atoms with van der Waals surface area (Å²) >= 11 is 5.39. The van der Waals surface area contributed by atoms with Crippen LogP contribution in [0.15, 0.2) is 92.2 Å². The van der Waals surface area contributed by atoms with Gasteiger partial charge in [0.2, 0.25) is 11.8 Å². The van der Waals surface area contributed by atoms with E-state index in [1.54, 1.807) is 24.7 Å². The Hall–Kier alpha value is -3.64. The number of fused-ring (bicyclic) bond motifs is 9. The molecular weight excluding hydrogens is 1240 g/mol. The minimum atomic E-state index is 0. The quantitative estimate of drug-likeness (QED) is 0.126. The van der Waals surface area contributed by atoms with Crippen molar-refractivity contribution >= 4 is 24.0 Å². The van der Waals surface area contributed by atoms with E-state index in [1.807, 2.05) is 12.1 Å². The molecule has 9 saturated carbocycles. The van der Waals surface area contributed by atoms with Crippen LogP contribution in [0.3, 0.4) is 0 Å². The van der Waals surface area contributed by atoms with Crippen molar-refractivity contribution in [1.82, 2.24) is 29.9 Å². The van der Waals surface area contributed by atoms with Crippen LogP contribution in [0, 0.1) is 85.8 Å². The zero-order valence-electron chi connectivity index (χ0n) is 58.5. The van der Waals surface area contributed by atoms with Crippen molar-refractivity contribution in [3.63, 3.8) is 0 Å². The average Bonchev–Trinajstić information content (AvgIpc) is 1.02. The van der Waals surface area contributed by atoms with E-state index in [2.05, 4.69) is 91.2 Å². The molecule has 0 spiro atoms. The molecule has 3 aliphatic heterocycles. The van der Waals surface area contributed by atoms with E-state index in [4.69, 9.17) is 49.5 Å². The smallest absolute Gasteiger partial charge is 0.216 e. The summed E-state index contributed by atoms with van der Waals surface area (Å²) in [5.74, 6) is 6.32. The molecule has 15 nitrogen and oxygen atoms in total. The molecule has 3 aromatic heterocycles. The standard InChI is InChI=1S/2C26H38N2O3.C22H36O3.C4H3ClN2.ClH/c2*1-18-8-9-21-25(2,20(18)12-15-29-23-11-14-27-17-28-23)13-10-22-26(21,3)16-30-24(31-22)19-6-4-5-7-19;1-15-8-9-18-21(2,17(15)11-13-23)12-10-19-22(18,3)14-24-20(25-19)16-6-4-5-7-16;5-4-1-2-6-3-7-4;/h2*11,14,17,19-22,24H,1,4-10,12-13,15-16H2,2-3H3;16-20,23H,1,4-14H2,2-3H3;1-3H;1H/t2*20-,21?,22-,24-,25+,26+;17-,18?,19-,20-,21+,22+;;/m111../s1. The van der Waals surface area contributed by atoms with Gasteiger partial charge in [-0.25, -0.2) is 29.9 Å². The van der Waals surface area contributed by atoms with Gasteiger partial charge in [-0.2, -0.15) is 0 Å². The van der Waals surface area contributed by atoms with Crippen molar-refractivity contribution in [2.45, 2.75) is 252 Å². The fourth-order valence-corrected chi connectivity index (χ4v) is 22.4. The molecule has 526 valence electrons. The predicted octanol–water partition coefficient (Wildman–Crippen LogP) is 17.4. The maximum atomic E-state index is 9.60. The second-order valence-electron chi connectivity index (χ2n) is 32.5. The monoisotopic (exact) mass is 1350 g/mol. The normalized spacial score (nSPS) is 40.0. The minimum Gasteiger partial charge on any atom is -0.478 e. The topological polar surface area (TPSA) is 171 Å². The first kappa shape index (κ1) is 72.6. The molecule has 3 saturated heterocycles. The SMILES string of the molecule is C=C1CCC2[C@]3(C)CO[C@@H](C4CCCC4)O[C@@H]3CC[C@@]2(C)[C@@H]1CCO.C=C1CCC2[C@]3(C)CO[C@@H](C4CCCC4)O[C@@H]3CC[C@@]2(C)[C@@H]1CCOc1ccncn1.C=C1CCC2[C@]3(C)CO[C@@H](C4CCCC4)O[C@@H]3CC[C@@]2(C)[C@@H]1CCOc1ccncn1.Cl.Clc1ccncn1. The van der Waals surface area contributed by atoms with Crippen LogP contribution in [0.1, 0.15) is 215 Å². The van der Waals surface area contributed by atoms with Crippen molar-refractivity contribution in [3.8, 4) is 11.8 Å². The summed E-state index contributed by atoms with van der Waals surface area (Å²) in [6.45, 7) is 32.3. The summed E-state index contributed by atoms with van der Waals surface area (Å²) < 4.78 is 51.1. The Bertz CT molecular complexity index is 2830. The van der Waals surface area contributed by atoms with Crippen molar-refractivity contribution in [3.05, 3.63) is 97.4 Å².